The number of carbonyl (C=O) groups is 1. The summed E-state index contributed by atoms with van der Waals surface area (Å²) < 4.78 is 1.54. The van der Waals surface area contributed by atoms with Gasteiger partial charge in [-0.3, -0.25) is 9.36 Å². The van der Waals surface area contributed by atoms with Crippen molar-refractivity contribution in [1.82, 2.24) is 9.55 Å². The van der Waals surface area contributed by atoms with E-state index in [0.29, 0.717) is 12.1 Å². The first-order valence-electron chi connectivity index (χ1n) is 5.23. The summed E-state index contributed by atoms with van der Waals surface area (Å²) in [5, 5.41) is 9.27. The zero-order chi connectivity index (χ0) is 12.1. The quantitative estimate of drug-likeness (QED) is 0.643. The van der Waals surface area contributed by atoms with Crippen molar-refractivity contribution in [2.75, 3.05) is 0 Å². The predicted molar refractivity (Wildman–Crippen MR) is 63.8 cm³/mol. The third-order valence-electron chi connectivity index (χ3n) is 2.32. The highest BCUT2D eigenvalue weighted by Gasteiger charge is 2.00. The molecule has 4 nitrogen and oxygen atoms in total. The lowest BCUT2D eigenvalue weighted by Crippen LogP contribution is -1.96. The number of ketones is 1. The Morgan fingerprint density at radius 1 is 1.35 bits per heavy atom. The summed E-state index contributed by atoms with van der Waals surface area (Å²) in [7, 11) is 0. The van der Waals surface area contributed by atoms with Gasteiger partial charge in [0.15, 0.2) is 5.78 Å². The highest BCUT2D eigenvalue weighted by molar-refractivity contribution is 6.04. The summed E-state index contributed by atoms with van der Waals surface area (Å²) in [6.07, 6.45) is 6.33. The van der Waals surface area contributed by atoms with Gasteiger partial charge in [-0.1, -0.05) is 36.4 Å². The van der Waals surface area contributed by atoms with Crippen LogP contribution in [0.5, 0.6) is 6.01 Å². The largest absolute Gasteiger partial charge is 0.480 e. The van der Waals surface area contributed by atoms with Crippen LogP contribution >= 0.6 is 0 Å². The first-order chi connectivity index (χ1) is 8.27. The van der Waals surface area contributed by atoms with Crippen LogP contribution in [0, 0.1) is 0 Å². The van der Waals surface area contributed by atoms with E-state index in [1.54, 1.807) is 24.4 Å². The second-order valence-electron chi connectivity index (χ2n) is 3.51. The fraction of sp³-hybridized carbons (Fsp3) is 0.0769. The van der Waals surface area contributed by atoms with Crippen molar-refractivity contribution < 1.29 is 9.90 Å². The molecule has 17 heavy (non-hydrogen) atoms. The summed E-state index contributed by atoms with van der Waals surface area (Å²) in [5.74, 6) is -0.0507. The molecule has 0 aliphatic carbocycles. The highest BCUT2D eigenvalue weighted by Crippen LogP contribution is 2.05. The van der Waals surface area contributed by atoms with Gasteiger partial charge >= 0.3 is 0 Å². The van der Waals surface area contributed by atoms with Crippen LogP contribution < -0.4 is 0 Å². The van der Waals surface area contributed by atoms with Gasteiger partial charge in [0, 0.05) is 24.5 Å². The predicted octanol–water partition coefficient (Wildman–Crippen LogP) is 2.03. The van der Waals surface area contributed by atoms with Crippen molar-refractivity contribution in [2.45, 2.75) is 6.54 Å². The summed E-state index contributed by atoms with van der Waals surface area (Å²) in [6.45, 7) is 0.421. The third-order valence-corrected chi connectivity index (χ3v) is 2.32. The number of aromatic hydroxyl groups is 1. The van der Waals surface area contributed by atoms with Crippen LogP contribution in [-0.4, -0.2) is 20.4 Å². The Kier molecular flexibility index (Phi) is 3.35. The molecule has 1 heterocycles. The number of hydrogen-bond acceptors (Lipinski definition) is 3. The van der Waals surface area contributed by atoms with E-state index in [1.807, 2.05) is 18.2 Å². The average Bonchev–Trinajstić information content (AvgIpc) is 2.76. The van der Waals surface area contributed by atoms with Crippen molar-refractivity contribution in [3.63, 3.8) is 0 Å². The standard InChI is InChI=1S/C13H12N2O2/c16-12(11-5-2-1-3-6-11)7-4-9-15-10-8-14-13(15)17/h1-8,10H,9H2,(H,14,17). The molecule has 1 aromatic heterocycles. The van der Waals surface area contributed by atoms with E-state index >= 15 is 0 Å². The smallest absolute Gasteiger partial charge is 0.293 e. The van der Waals surface area contributed by atoms with Gasteiger partial charge in [-0.15, -0.1) is 0 Å². The molecule has 0 spiro atoms. The number of imidazole rings is 1. The Balaban J connectivity index is 1.98. The molecule has 0 aliphatic rings. The van der Waals surface area contributed by atoms with Gasteiger partial charge in [0.25, 0.3) is 6.01 Å². The summed E-state index contributed by atoms with van der Waals surface area (Å²) in [5.41, 5.74) is 0.651. The van der Waals surface area contributed by atoms with Gasteiger partial charge in [-0.2, -0.15) is 0 Å². The molecular formula is C13H12N2O2. The minimum absolute atomic E-state index is 0.0507. The maximum Gasteiger partial charge on any atom is 0.293 e. The third kappa shape index (κ3) is 2.81. The topological polar surface area (TPSA) is 55.1 Å². The Morgan fingerprint density at radius 3 is 2.76 bits per heavy atom. The lowest BCUT2D eigenvalue weighted by atomic mass is 10.1. The normalized spacial score (nSPS) is 10.8. The van der Waals surface area contributed by atoms with Gasteiger partial charge in [0.05, 0.1) is 0 Å². The molecule has 0 atom stereocenters. The van der Waals surface area contributed by atoms with Gasteiger partial charge in [0.1, 0.15) is 0 Å². The molecule has 2 aromatic rings. The maximum atomic E-state index is 11.7. The Morgan fingerprint density at radius 2 is 2.12 bits per heavy atom. The molecule has 0 radical (unpaired) electrons. The first-order valence-corrected chi connectivity index (χ1v) is 5.23. The number of aromatic nitrogens is 2. The average molecular weight is 228 g/mol. The lowest BCUT2D eigenvalue weighted by Gasteiger charge is -1.97. The van der Waals surface area contributed by atoms with Crippen molar-refractivity contribution in [2.24, 2.45) is 0 Å². The molecule has 0 amide bonds. The van der Waals surface area contributed by atoms with Gasteiger partial charge in [-0.05, 0) is 6.08 Å². The molecule has 0 bridgehead atoms. The lowest BCUT2D eigenvalue weighted by molar-refractivity contribution is 0.104. The van der Waals surface area contributed by atoms with E-state index in [9.17, 15) is 9.90 Å². The van der Waals surface area contributed by atoms with E-state index in [-0.39, 0.29) is 11.8 Å². The first kappa shape index (κ1) is 11.1. The van der Waals surface area contributed by atoms with Crippen LogP contribution in [-0.2, 0) is 6.54 Å². The maximum absolute atomic E-state index is 11.7. The number of rotatable bonds is 4. The monoisotopic (exact) mass is 228 g/mol. The van der Waals surface area contributed by atoms with E-state index < -0.39 is 0 Å². The zero-order valence-corrected chi connectivity index (χ0v) is 9.15. The number of benzene rings is 1. The van der Waals surface area contributed by atoms with Gasteiger partial charge in [-0.25, -0.2) is 4.98 Å². The van der Waals surface area contributed by atoms with Crippen molar-refractivity contribution in [3.05, 3.63) is 60.4 Å². The second-order valence-corrected chi connectivity index (χ2v) is 3.51. The Bertz CT molecular complexity index is 529. The molecule has 2 rings (SSSR count). The molecule has 4 heteroatoms. The molecule has 0 fully saturated rings. The van der Waals surface area contributed by atoms with Crippen molar-refractivity contribution in [1.29, 1.82) is 0 Å². The molecule has 0 saturated heterocycles. The van der Waals surface area contributed by atoms with Gasteiger partial charge in [0.2, 0.25) is 0 Å². The van der Waals surface area contributed by atoms with Crippen LogP contribution in [0.2, 0.25) is 0 Å². The zero-order valence-electron chi connectivity index (χ0n) is 9.15. The fourth-order valence-corrected chi connectivity index (χ4v) is 1.44. The molecule has 1 N–H and O–H groups in total. The van der Waals surface area contributed by atoms with Crippen LogP contribution in [0.15, 0.2) is 54.9 Å². The molecule has 0 aliphatic heterocycles. The highest BCUT2D eigenvalue weighted by atomic mass is 16.3. The molecule has 0 unspecified atom stereocenters. The second kappa shape index (κ2) is 5.12. The summed E-state index contributed by atoms with van der Waals surface area (Å²) >= 11 is 0. The van der Waals surface area contributed by atoms with Crippen LogP contribution in [0.25, 0.3) is 0 Å². The molecular weight excluding hydrogens is 216 g/mol. The minimum Gasteiger partial charge on any atom is -0.480 e. The number of carbonyl (C=O) groups excluding carboxylic acids is 1. The van der Waals surface area contributed by atoms with Crippen LogP contribution in [0.1, 0.15) is 10.4 Å². The summed E-state index contributed by atoms with van der Waals surface area (Å²) in [4.78, 5) is 15.4. The van der Waals surface area contributed by atoms with E-state index in [1.165, 1.54) is 16.8 Å². The number of allylic oxidation sites excluding steroid dienone is 2. The summed E-state index contributed by atoms with van der Waals surface area (Å²) in [6, 6.07) is 8.99. The SMILES string of the molecule is O=C(C=CCn1ccnc1O)c1ccccc1. The van der Waals surface area contributed by atoms with Gasteiger partial charge < -0.3 is 5.11 Å². The van der Waals surface area contributed by atoms with Crippen molar-refractivity contribution in [3.8, 4) is 6.01 Å². The van der Waals surface area contributed by atoms with E-state index in [2.05, 4.69) is 4.98 Å². The van der Waals surface area contributed by atoms with Crippen LogP contribution in [0.4, 0.5) is 0 Å². The molecule has 86 valence electrons. The minimum atomic E-state index is -0.0539. The van der Waals surface area contributed by atoms with E-state index in [4.69, 9.17) is 0 Å². The van der Waals surface area contributed by atoms with E-state index in [0.717, 1.165) is 0 Å². The molecule has 1 aromatic carbocycles. The number of nitrogens with zero attached hydrogens (tertiary/aromatic N) is 2. The molecule has 0 saturated carbocycles. The van der Waals surface area contributed by atoms with Crippen LogP contribution in [0.3, 0.4) is 0 Å². The van der Waals surface area contributed by atoms with Crippen molar-refractivity contribution >= 4 is 5.78 Å². The Labute approximate surface area is 98.9 Å². The number of hydrogen-bond donors (Lipinski definition) is 1. The Hall–Kier alpha value is -2.36. The fourth-order valence-electron chi connectivity index (χ4n) is 1.44.